The smallest absolute Gasteiger partial charge is 0.266 e. The van der Waals surface area contributed by atoms with E-state index in [9.17, 15) is 9.59 Å². The SMILES string of the molecule is CCN1C(=O)C(=Cc2c(N3CCN(C)CC3)c3ccccc3n(C)c2=O)SC1=S. The highest BCUT2D eigenvalue weighted by Gasteiger charge is 2.32. The van der Waals surface area contributed by atoms with Crippen LogP contribution in [-0.2, 0) is 11.8 Å². The molecule has 29 heavy (non-hydrogen) atoms. The van der Waals surface area contributed by atoms with Crippen LogP contribution in [0.4, 0.5) is 5.69 Å². The van der Waals surface area contributed by atoms with Crippen LogP contribution in [0.15, 0.2) is 34.0 Å². The van der Waals surface area contributed by atoms with Gasteiger partial charge in [0.15, 0.2) is 0 Å². The number of likely N-dealkylation sites (N-methyl/N-ethyl adjacent to an activating group) is 2. The molecule has 8 heteroatoms. The summed E-state index contributed by atoms with van der Waals surface area (Å²) in [7, 11) is 3.89. The van der Waals surface area contributed by atoms with Gasteiger partial charge in [-0.05, 0) is 26.1 Å². The molecule has 2 aliphatic rings. The van der Waals surface area contributed by atoms with E-state index < -0.39 is 0 Å². The second-order valence-electron chi connectivity index (χ2n) is 7.36. The van der Waals surface area contributed by atoms with E-state index in [-0.39, 0.29) is 11.5 Å². The van der Waals surface area contributed by atoms with Crippen molar-refractivity contribution in [3.8, 4) is 0 Å². The average Bonchev–Trinajstić information content (AvgIpc) is 2.99. The quantitative estimate of drug-likeness (QED) is 0.553. The number of hydrogen-bond donors (Lipinski definition) is 0. The van der Waals surface area contributed by atoms with E-state index in [2.05, 4.69) is 22.9 Å². The lowest BCUT2D eigenvalue weighted by Gasteiger charge is -2.35. The molecule has 0 radical (unpaired) electrons. The number of hydrogen-bond acceptors (Lipinski definition) is 6. The summed E-state index contributed by atoms with van der Waals surface area (Å²) in [6, 6.07) is 7.96. The number of aromatic nitrogens is 1. The van der Waals surface area contributed by atoms with Crippen LogP contribution < -0.4 is 10.5 Å². The molecule has 0 aliphatic carbocycles. The summed E-state index contributed by atoms with van der Waals surface area (Å²) in [5, 5.41) is 1.02. The van der Waals surface area contributed by atoms with Gasteiger partial charge in [-0.15, -0.1) is 0 Å². The molecule has 4 rings (SSSR count). The van der Waals surface area contributed by atoms with Crippen LogP contribution in [0.25, 0.3) is 17.0 Å². The van der Waals surface area contributed by atoms with Crippen LogP contribution in [0.5, 0.6) is 0 Å². The number of aryl methyl sites for hydroxylation is 1. The molecular formula is C21H24N4O2S2. The van der Waals surface area contributed by atoms with E-state index in [1.165, 1.54) is 11.8 Å². The summed E-state index contributed by atoms with van der Waals surface area (Å²) in [5.41, 5.74) is 2.27. The van der Waals surface area contributed by atoms with Crippen molar-refractivity contribution in [2.45, 2.75) is 6.92 Å². The van der Waals surface area contributed by atoms with Gasteiger partial charge < -0.3 is 14.4 Å². The number of pyridine rings is 1. The molecule has 0 unspecified atom stereocenters. The van der Waals surface area contributed by atoms with Gasteiger partial charge in [0.05, 0.1) is 21.7 Å². The van der Waals surface area contributed by atoms with Crippen molar-refractivity contribution in [2.24, 2.45) is 7.05 Å². The number of benzene rings is 1. The number of piperazine rings is 1. The van der Waals surface area contributed by atoms with Crippen LogP contribution in [0.2, 0.25) is 0 Å². The molecule has 1 aromatic carbocycles. The fourth-order valence-electron chi connectivity index (χ4n) is 3.91. The van der Waals surface area contributed by atoms with Gasteiger partial charge in [-0.3, -0.25) is 14.5 Å². The van der Waals surface area contributed by atoms with Crippen LogP contribution in [-0.4, -0.2) is 64.4 Å². The number of anilines is 1. The summed E-state index contributed by atoms with van der Waals surface area (Å²) in [4.78, 5) is 32.8. The van der Waals surface area contributed by atoms with Crippen molar-refractivity contribution >= 4 is 56.9 Å². The number of para-hydroxylation sites is 1. The van der Waals surface area contributed by atoms with Crippen molar-refractivity contribution in [3.63, 3.8) is 0 Å². The Morgan fingerprint density at radius 2 is 1.79 bits per heavy atom. The van der Waals surface area contributed by atoms with Gasteiger partial charge in [0, 0.05) is 45.2 Å². The van der Waals surface area contributed by atoms with E-state index in [0.29, 0.717) is 21.3 Å². The van der Waals surface area contributed by atoms with Crippen LogP contribution in [0.1, 0.15) is 12.5 Å². The van der Waals surface area contributed by atoms with Gasteiger partial charge >= 0.3 is 0 Å². The molecule has 6 nitrogen and oxygen atoms in total. The van der Waals surface area contributed by atoms with Gasteiger partial charge in [-0.2, -0.15) is 0 Å². The molecule has 2 aliphatic heterocycles. The van der Waals surface area contributed by atoms with Crippen LogP contribution in [0.3, 0.4) is 0 Å². The maximum atomic E-state index is 13.4. The zero-order valence-corrected chi connectivity index (χ0v) is 18.5. The molecule has 2 fully saturated rings. The van der Waals surface area contributed by atoms with E-state index in [0.717, 1.165) is 42.8 Å². The second kappa shape index (κ2) is 7.93. The second-order valence-corrected chi connectivity index (χ2v) is 9.04. The largest absolute Gasteiger partial charge is 0.368 e. The first-order valence-electron chi connectivity index (χ1n) is 9.73. The summed E-state index contributed by atoms with van der Waals surface area (Å²) in [6.07, 6.45) is 1.75. The van der Waals surface area contributed by atoms with E-state index in [1.807, 2.05) is 25.1 Å². The molecular weight excluding hydrogens is 404 g/mol. The third kappa shape index (κ3) is 3.49. The Bertz CT molecular complexity index is 1080. The van der Waals surface area contributed by atoms with Crippen molar-refractivity contribution < 1.29 is 4.79 Å². The predicted octanol–water partition coefficient (Wildman–Crippen LogP) is 2.51. The van der Waals surface area contributed by atoms with Crippen molar-refractivity contribution in [3.05, 3.63) is 45.1 Å². The number of rotatable bonds is 3. The summed E-state index contributed by atoms with van der Waals surface area (Å²) in [5.74, 6) is -0.123. The van der Waals surface area contributed by atoms with Crippen molar-refractivity contribution in [2.75, 3.05) is 44.7 Å². The first-order valence-corrected chi connectivity index (χ1v) is 11.0. The summed E-state index contributed by atoms with van der Waals surface area (Å²) < 4.78 is 2.21. The van der Waals surface area contributed by atoms with E-state index in [1.54, 1.807) is 22.6 Å². The van der Waals surface area contributed by atoms with Gasteiger partial charge in [-0.1, -0.05) is 42.2 Å². The molecule has 2 aromatic rings. The molecule has 0 saturated carbocycles. The lowest BCUT2D eigenvalue weighted by atomic mass is 10.1. The highest BCUT2D eigenvalue weighted by molar-refractivity contribution is 8.26. The highest BCUT2D eigenvalue weighted by atomic mass is 32.2. The molecule has 3 heterocycles. The molecule has 1 aromatic heterocycles. The third-order valence-electron chi connectivity index (χ3n) is 5.60. The topological polar surface area (TPSA) is 48.8 Å². The molecule has 0 bridgehead atoms. The molecule has 0 spiro atoms. The normalized spacial score (nSPS) is 19.8. The molecule has 1 amide bonds. The maximum Gasteiger partial charge on any atom is 0.266 e. The van der Waals surface area contributed by atoms with Gasteiger partial charge in [0.25, 0.3) is 11.5 Å². The molecule has 152 valence electrons. The molecule has 0 atom stereocenters. The fraction of sp³-hybridized carbons (Fsp3) is 0.381. The Kier molecular flexibility index (Phi) is 5.50. The number of amides is 1. The standard InChI is InChI=1S/C21H24N4O2S2/c1-4-25-20(27)17(29-21(25)28)13-15-18(24-11-9-22(2)10-12-24)14-7-5-6-8-16(14)23(3)19(15)26/h5-8,13H,4,9-12H2,1-3H3. The lowest BCUT2D eigenvalue weighted by molar-refractivity contribution is -0.121. The number of carbonyl (C=O) groups excluding carboxylic acids is 1. The average molecular weight is 429 g/mol. The Morgan fingerprint density at radius 3 is 2.45 bits per heavy atom. The first-order chi connectivity index (χ1) is 13.9. The number of fused-ring (bicyclic) bond motifs is 1. The summed E-state index contributed by atoms with van der Waals surface area (Å²) >= 11 is 6.62. The van der Waals surface area contributed by atoms with Gasteiger partial charge in [-0.25, -0.2) is 0 Å². The Balaban J connectivity index is 1.94. The monoisotopic (exact) mass is 428 g/mol. The predicted molar refractivity (Wildman–Crippen MR) is 124 cm³/mol. The van der Waals surface area contributed by atoms with Gasteiger partial charge in [0.2, 0.25) is 0 Å². The van der Waals surface area contributed by atoms with E-state index >= 15 is 0 Å². The minimum atomic E-state index is -0.123. The van der Waals surface area contributed by atoms with Crippen molar-refractivity contribution in [1.82, 2.24) is 14.4 Å². The van der Waals surface area contributed by atoms with Gasteiger partial charge in [0.1, 0.15) is 4.32 Å². The lowest BCUT2D eigenvalue weighted by Crippen LogP contribution is -2.45. The van der Waals surface area contributed by atoms with Crippen LogP contribution in [0, 0.1) is 0 Å². The minimum absolute atomic E-state index is 0.0978. The van der Waals surface area contributed by atoms with Crippen LogP contribution >= 0.6 is 24.0 Å². The zero-order chi connectivity index (χ0) is 20.7. The number of thiocarbonyl (C=S) groups is 1. The van der Waals surface area contributed by atoms with E-state index in [4.69, 9.17) is 12.2 Å². The first kappa shape index (κ1) is 20.1. The third-order valence-corrected chi connectivity index (χ3v) is 6.97. The zero-order valence-electron chi connectivity index (χ0n) is 16.8. The number of nitrogens with zero attached hydrogens (tertiary/aromatic N) is 4. The number of thioether (sulfide) groups is 1. The molecule has 2 saturated heterocycles. The summed E-state index contributed by atoms with van der Waals surface area (Å²) in [6.45, 7) is 5.97. The maximum absolute atomic E-state index is 13.4. The Labute approximate surface area is 179 Å². The fourth-order valence-corrected chi connectivity index (χ4v) is 5.27. The van der Waals surface area contributed by atoms with Crippen molar-refractivity contribution in [1.29, 1.82) is 0 Å². The Hall–Kier alpha value is -2.16. The number of carbonyl (C=O) groups is 1. The minimum Gasteiger partial charge on any atom is -0.368 e. The Morgan fingerprint density at radius 1 is 1.10 bits per heavy atom. The highest BCUT2D eigenvalue weighted by Crippen LogP contribution is 2.36. The molecule has 0 N–H and O–H groups in total.